The molecular weight excluding hydrogens is 272 g/mol. The van der Waals surface area contributed by atoms with Crippen molar-refractivity contribution in [2.45, 2.75) is 6.92 Å². The molecule has 2 heterocycles. The van der Waals surface area contributed by atoms with E-state index in [1.54, 1.807) is 17.9 Å². The second-order valence-electron chi connectivity index (χ2n) is 4.22. The molecule has 0 aliphatic carbocycles. The Balaban J connectivity index is 1.99. The summed E-state index contributed by atoms with van der Waals surface area (Å²) in [6.07, 6.45) is 0. The maximum absolute atomic E-state index is 12.1. The Labute approximate surface area is 111 Å². The molecule has 1 amide bonds. The van der Waals surface area contributed by atoms with Crippen molar-refractivity contribution in [3.63, 3.8) is 0 Å². The lowest BCUT2D eigenvalue weighted by Crippen LogP contribution is -2.52. The van der Waals surface area contributed by atoms with Crippen molar-refractivity contribution in [2.24, 2.45) is 0 Å². The molecule has 1 N–H and O–H groups in total. The molecule has 0 bridgehead atoms. The van der Waals surface area contributed by atoms with E-state index in [0.29, 0.717) is 18.8 Å². The molecule has 1 aliphatic heterocycles. The number of nitrogens with zero attached hydrogens (tertiary/aromatic N) is 3. The number of carbonyl (C=O) groups excluding carboxylic acids is 1. The minimum Gasteiger partial charge on any atom is -0.361 e. The van der Waals surface area contributed by atoms with Crippen molar-refractivity contribution in [3.8, 4) is 0 Å². The quantitative estimate of drug-likeness (QED) is 0.786. The van der Waals surface area contributed by atoms with Gasteiger partial charge in [0.05, 0.1) is 0 Å². The van der Waals surface area contributed by atoms with E-state index >= 15 is 0 Å². The van der Waals surface area contributed by atoms with Gasteiger partial charge >= 0.3 is 0 Å². The summed E-state index contributed by atoms with van der Waals surface area (Å²) in [5.41, 5.74) is 0.252. The Morgan fingerprint density at radius 3 is 2.47 bits per heavy atom. The molecule has 19 heavy (non-hydrogen) atoms. The van der Waals surface area contributed by atoms with Crippen molar-refractivity contribution in [3.05, 3.63) is 17.5 Å². The Bertz CT molecular complexity index is 560. The average molecular weight is 288 g/mol. The van der Waals surface area contributed by atoms with Gasteiger partial charge in [0.25, 0.3) is 16.1 Å². The third kappa shape index (κ3) is 2.94. The summed E-state index contributed by atoms with van der Waals surface area (Å²) in [5.74, 6) is 0.332. The van der Waals surface area contributed by atoms with Gasteiger partial charge in [-0.25, -0.2) is 4.72 Å². The van der Waals surface area contributed by atoms with Crippen LogP contribution in [-0.4, -0.2) is 61.9 Å². The topological polar surface area (TPSA) is 95.8 Å². The molecule has 106 valence electrons. The summed E-state index contributed by atoms with van der Waals surface area (Å²) in [4.78, 5) is 13.6. The van der Waals surface area contributed by atoms with E-state index in [4.69, 9.17) is 4.52 Å². The molecule has 0 radical (unpaired) electrons. The molecular formula is C10H16N4O4S. The van der Waals surface area contributed by atoms with Gasteiger partial charge in [-0.3, -0.25) is 4.79 Å². The van der Waals surface area contributed by atoms with Gasteiger partial charge in [0, 0.05) is 39.3 Å². The first-order chi connectivity index (χ1) is 8.94. The molecule has 1 saturated heterocycles. The van der Waals surface area contributed by atoms with Crippen LogP contribution in [0, 0.1) is 6.92 Å². The highest BCUT2D eigenvalue weighted by Gasteiger charge is 2.29. The zero-order valence-electron chi connectivity index (χ0n) is 10.8. The minimum absolute atomic E-state index is 0.238. The Morgan fingerprint density at radius 2 is 2.00 bits per heavy atom. The first kappa shape index (κ1) is 14.0. The van der Waals surface area contributed by atoms with Gasteiger partial charge in [0.2, 0.25) is 0 Å². The van der Waals surface area contributed by atoms with Crippen LogP contribution in [0.1, 0.15) is 16.2 Å². The molecule has 0 aromatic carbocycles. The second-order valence-corrected chi connectivity index (χ2v) is 6.10. The molecule has 2 rings (SSSR count). The smallest absolute Gasteiger partial charge is 0.279 e. The molecule has 1 aromatic heterocycles. The lowest BCUT2D eigenvalue weighted by molar-refractivity contribution is 0.0687. The van der Waals surface area contributed by atoms with Gasteiger partial charge in [-0.1, -0.05) is 5.16 Å². The Morgan fingerprint density at radius 1 is 1.37 bits per heavy atom. The fraction of sp³-hybridized carbons (Fsp3) is 0.600. The number of piperazine rings is 1. The van der Waals surface area contributed by atoms with Gasteiger partial charge in [-0.2, -0.15) is 12.7 Å². The number of hydrogen-bond acceptors (Lipinski definition) is 5. The van der Waals surface area contributed by atoms with Crippen molar-refractivity contribution < 1.29 is 17.7 Å². The fourth-order valence-corrected chi connectivity index (χ4v) is 2.79. The van der Waals surface area contributed by atoms with Gasteiger partial charge < -0.3 is 9.42 Å². The highest BCUT2D eigenvalue weighted by Crippen LogP contribution is 2.10. The van der Waals surface area contributed by atoms with E-state index in [1.807, 2.05) is 0 Å². The number of rotatable bonds is 3. The first-order valence-electron chi connectivity index (χ1n) is 5.85. The molecule has 0 spiro atoms. The predicted octanol–water partition coefficient (Wildman–Crippen LogP) is -0.795. The standard InChI is InChI=1S/C10H16N4O4S/c1-8-7-9(12-18-8)10(15)13-3-5-14(6-4-13)19(16,17)11-2/h7,11H,3-6H2,1-2H3. The van der Waals surface area contributed by atoms with Crippen LogP contribution in [0.5, 0.6) is 0 Å². The van der Waals surface area contributed by atoms with Crippen molar-refractivity contribution in [1.82, 2.24) is 19.1 Å². The van der Waals surface area contributed by atoms with E-state index in [0.717, 1.165) is 0 Å². The highest BCUT2D eigenvalue weighted by atomic mass is 32.2. The monoisotopic (exact) mass is 288 g/mol. The number of amides is 1. The van der Waals surface area contributed by atoms with Crippen LogP contribution in [0.3, 0.4) is 0 Å². The lowest BCUT2D eigenvalue weighted by Gasteiger charge is -2.33. The molecule has 1 aliphatic rings. The molecule has 0 unspecified atom stereocenters. The van der Waals surface area contributed by atoms with E-state index < -0.39 is 10.2 Å². The van der Waals surface area contributed by atoms with Crippen LogP contribution in [0.2, 0.25) is 0 Å². The normalized spacial score (nSPS) is 17.7. The summed E-state index contributed by atoms with van der Waals surface area (Å²) >= 11 is 0. The minimum atomic E-state index is -3.42. The largest absolute Gasteiger partial charge is 0.361 e. The number of carbonyl (C=O) groups is 1. The third-order valence-corrected chi connectivity index (χ3v) is 4.53. The van der Waals surface area contributed by atoms with Crippen LogP contribution in [0.4, 0.5) is 0 Å². The van der Waals surface area contributed by atoms with Crippen LogP contribution in [0.15, 0.2) is 10.6 Å². The average Bonchev–Trinajstić information content (AvgIpc) is 2.85. The van der Waals surface area contributed by atoms with Crippen molar-refractivity contribution in [1.29, 1.82) is 0 Å². The number of aryl methyl sites for hydroxylation is 1. The van der Waals surface area contributed by atoms with Gasteiger partial charge in [-0.05, 0) is 6.92 Å². The van der Waals surface area contributed by atoms with Crippen LogP contribution in [0.25, 0.3) is 0 Å². The SMILES string of the molecule is CNS(=O)(=O)N1CCN(C(=O)c2cc(C)on2)CC1. The molecule has 1 aromatic rings. The van der Waals surface area contributed by atoms with E-state index in [9.17, 15) is 13.2 Å². The van der Waals surface area contributed by atoms with Gasteiger partial charge in [-0.15, -0.1) is 0 Å². The summed E-state index contributed by atoms with van der Waals surface area (Å²) in [7, 11) is -2.05. The highest BCUT2D eigenvalue weighted by molar-refractivity contribution is 7.87. The zero-order valence-corrected chi connectivity index (χ0v) is 11.6. The van der Waals surface area contributed by atoms with Gasteiger partial charge in [0.1, 0.15) is 5.76 Å². The molecule has 0 saturated carbocycles. The van der Waals surface area contributed by atoms with Gasteiger partial charge in [0.15, 0.2) is 5.69 Å². The van der Waals surface area contributed by atoms with E-state index in [2.05, 4.69) is 9.88 Å². The number of hydrogen-bond donors (Lipinski definition) is 1. The number of aromatic nitrogens is 1. The van der Waals surface area contributed by atoms with E-state index in [-0.39, 0.29) is 24.7 Å². The first-order valence-corrected chi connectivity index (χ1v) is 7.29. The molecule has 0 atom stereocenters. The summed E-state index contributed by atoms with van der Waals surface area (Å²) < 4.78 is 31.6. The van der Waals surface area contributed by atoms with Crippen molar-refractivity contribution >= 4 is 16.1 Å². The maximum Gasteiger partial charge on any atom is 0.279 e. The van der Waals surface area contributed by atoms with Crippen LogP contribution < -0.4 is 4.72 Å². The second kappa shape index (κ2) is 5.27. The van der Waals surface area contributed by atoms with Crippen molar-refractivity contribution in [2.75, 3.05) is 33.2 Å². The summed E-state index contributed by atoms with van der Waals surface area (Å²) in [6, 6.07) is 1.57. The predicted molar refractivity (Wildman–Crippen MR) is 66.7 cm³/mol. The molecule has 8 nitrogen and oxygen atoms in total. The Kier molecular flexibility index (Phi) is 3.88. The number of nitrogens with one attached hydrogen (secondary N) is 1. The zero-order chi connectivity index (χ0) is 14.0. The van der Waals surface area contributed by atoms with Crippen LogP contribution in [-0.2, 0) is 10.2 Å². The maximum atomic E-state index is 12.1. The molecule has 9 heteroatoms. The third-order valence-electron chi connectivity index (χ3n) is 2.97. The van der Waals surface area contributed by atoms with Crippen LogP contribution >= 0.6 is 0 Å². The summed E-state index contributed by atoms with van der Waals surface area (Å²) in [6.45, 7) is 2.93. The summed E-state index contributed by atoms with van der Waals surface area (Å²) in [5, 5.41) is 3.66. The fourth-order valence-electron chi connectivity index (χ4n) is 1.89. The molecule has 1 fully saturated rings. The van der Waals surface area contributed by atoms with E-state index in [1.165, 1.54) is 11.4 Å². The Hall–Kier alpha value is -1.45. The lowest BCUT2D eigenvalue weighted by atomic mass is 10.3.